The minimum Gasteiger partial charge on any atom is -0.471 e. The van der Waals surface area contributed by atoms with Crippen LogP contribution in [-0.4, -0.2) is 22.2 Å². The third-order valence-corrected chi connectivity index (χ3v) is 5.65. The van der Waals surface area contributed by atoms with Crippen LogP contribution in [0, 0.1) is 6.92 Å². The molecule has 192 valence electrons. The molecule has 7 heteroatoms. The van der Waals surface area contributed by atoms with Gasteiger partial charge in [-0.15, -0.1) is 0 Å². The van der Waals surface area contributed by atoms with E-state index >= 15 is 0 Å². The number of allylic oxidation sites excluding steroid dienone is 2. The summed E-state index contributed by atoms with van der Waals surface area (Å²) >= 11 is 0. The third kappa shape index (κ3) is 7.70. The Balaban J connectivity index is 1.78. The van der Waals surface area contributed by atoms with Crippen LogP contribution in [0.1, 0.15) is 77.7 Å². The molecule has 1 N–H and O–H groups in total. The molecule has 0 atom stereocenters. The summed E-state index contributed by atoms with van der Waals surface area (Å²) in [5.41, 5.74) is 4.04. The smallest absolute Gasteiger partial charge is 0.223 e. The molecule has 3 rings (SSSR count). The zero-order valence-corrected chi connectivity index (χ0v) is 22.4. The van der Waals surface area contributed by atoms with Crippen molar-refractivity contribution in [2.75, 3.05) is 0 Å². The van der Waals surface area contributed by atoms with Crippen LogP contribution in [-0.2, 0) is 16.2 Å². The van der Waals surface area contributed by atoms with E-state index in [1.54, 1.807) is 12.3 Å². The van der Waals surface area contributed by atoms with Crippen molar-refractivity contribution in [3.63, 3.8) is 0 Å². The first kappa shape index (κ1) is 27.0. The summed E-state index contributed by atoms with van der Waals surface area (Å²) in [6.07, 6.45) is 3.12. The Kier molecular flexibility index (Phi) is 8.91. The summed E-state index contributed by atoms with van der Waals surface area (Å²) < 4.78 is 11.5. The highest BCUT2D eigenvalue weighted by Gasteiger charge is 2.19. The van der Waals surface area contributed by atoms with Crippen molar-refractivity contribution in [1.82, 2.24) is 10.3 Å². The van der Waals surface area contributed by atoms with Crippen molar-refractivity contribution < 1.29 is 18.8 Å². The Morgan fingerprint density at radius 2 is 1.92 bits per heavy atom. The Morgan fingerprint density at radius 1 is 1.14 bits per heavy atom. The summed E-state index contributed by atoms with van der Waals surface area (Å²) in [4.78, 5) is 23.1. The van der Waals surface area contributed by atoms with Crippen LogP contribution >= 0.6 is 0 Å². The lowest BCUT2D eigenvalue weighted by atomic mass is 10.1. The Hall–Kier alpha value is -3.61. The van der Waals surface area contributed by atoms with Gasteiger partial charge in [-0.3, -0.25) is 4.79 Å². The van der Waals surface area contributed by atoms with Crippen LogP contribution in [0.5, 0.6) is 5.88 Å². The Bertz CT molecular complexity index is 1250. The van der Waals surface area contributed by atoms with E-state index in [4.69, 9.17) is 19.0 Å². The maximum absolute atomic E-state index is 12.3. The first-order valence-corrected chi connectivity index (χ1v) is 12.4. The first-order chi connectivity index (χ1) is 17.1. The van der Waals surface area contributed by atoms with Gasteiger partial charge in [0, 0.05) is 18.2 Å². The maximum atomic E-state index is 12.3. The molecule has 2 heterocycles. The number of carbonyl (C=O) groups is 1. The van der Waals surface area contributed by atoms with Crippen LogP contribution in [0.25, 0.3) is 10.9 Å². The van der Waals surface area contributed by atoms with Gasteiger partial charge in [0.1, 0.15) is 17.1 Å². The van der Waals surface area contributed by atoms with Crippen LogP contribution in [0.15, 0.2) is 63.6 Å². The van der Waals surface area contributed by atoms with Gasteiger partial charge in [0.25, 0.3) is 0 Å². The standard InChI is InChI=1S/C29H37N3O4/c1-8-20(3)26(13-14-27(33)30-18-23-10-9-15-34-23)36-32-21(4)24-17-22-12-11-19(2)16-25(22)31-28(24)35-29(5,6)7/h9-12,15-17H,8,13-14,18H2,1-7H3,(H,30,33)/b26-20-,32-21+. The molecule has 1 amide bonds. The lowest BCUT2D eigenvalue weighted by molar-refractivity contribution is -0.121. The third-order valence-electron chi connectivity index (χ3n) is 5.65. The van der Waals surface area contributed by atoms with Gasteiger partial charge in [-0.05, 0) is 83.4 Å². The zero-order valence-electron chi connectivity index (χ0n) is 22.4. The molecule has 0 saturated carbocycles. The number of fused-ring (bicyclic) bond motifs is 1. The topological polar surface area (TPSA) is 86.0 Å². The second-order valence-corrected chi connectivity index (χ2v) is 9.93. The number of ether oxygens (including phenoxy) is 1. The van der Waals surface area contributed by atoms with Crippen molar-refractivity contribution in [3.8, 4) is 5.88 Å². The number of nitrogens with zero attached hydrogens (tertiary/aromatic N) is 2. The van der Waals surface area contributed by atoms with Gasteiger partial charge in [0.05, 0.1) is 29.6 Å². The van der Waals surface area contributed by atoms with Crippen molar-refractivity contribution in [1.29, 1.82) is 0 Å². The number of nitrogens with one attached hydrogen (secondary N) is 1. The van der Waals surface area contributed by atoms with Gasteiger partial charge in [0.2, 0.25) is 11.8 Å². The quantitative estimate of drug-likeness (QED) is 0.191. The largest absolute Gasteiger partial charge is 0.471 e. The number of hydrogen-bond acceptors (Lipinski definition) is 6. The predicted octanol–water partition coefficient (Wildman–Crippen LogP) is 6.83. The molecule has 0 aliphatic carbocycles. The highest BCUT2D eigenvalue weighted by Crippen LogP contribution is 2.27. The number of aryl methyl sites for hydroxylation is 1. The van der Waals surface area contributed by atoms with Gasteiger partial charge >= 0.3 is 0 Å². The second kappa shape index (κ2) is 11.9. The van der Waals surface area contributed by atoms with Gasteiger partial charge in [-0.1, -0.05) is 24.2 Å². The molecule has 0 radical (unpaired) electrons. The number of hydrogen-bond donors (Lipinski definition) is 1. The van der Waals surface area contributed by atoms with Gasteiger partial charge in [0.15, 0.2) is 0 Å². The number of rotatable bonds is 10. The molecule has 36 heavy (non-hydrogen) atoms. The lowest BCUT2D eigenvalue weighted by Gasteiger charge is -2.22. The number of amides is 1. The highest BCUT2D eigenvalue weighted by molar-refractivity contribution is 6.03. The van der Waals surface area contributed by atoms with Gasteiger partial charge < -0.3 is 19.3 Å². The fourth-order valence-electron chi connectivity index (χ4n) is 3.51. The number of pyridine rings is 1. The highest BCUT2D eigenvalue weighted by atomic mass is 16.6. The molecule has 2 aromatic heterocycles. The Morgan fingerprint density at radius 3 is 2.58 bits per heavy atom. The van der Waals surface area contributed by atoms with E-state index in [0.29, 0.717) is 36.1 Å². The van der Waals surface area contributed by atoms with Crippen LogP contribution in [0.2, 0.25) is 0 Å². The van der Waals surface area contributed by atoms with Crippen LogP contribution < -0.4 is 10.1 Å². The maximum Gasteiger partial charge on any atom is 0.223 e. The van der Waals surface area contributed by atoms with E-state index < -0.39 is 5.60 Å². The minimum absolute atomic E-state index is 0.0769. The number of aromatic nitrogens is 1. The van der Waals surface area contributed by atoms with Gasteiger partial charge in [-0.2, -0.15) is 0 Å². The molecule has 1 aromatic carbocycles. The summed E-state index contributed by atoms with van der Waals surface area (Å²) in [6.45, 7) is 14.3. The van der Waals surface area contributed by atoms with Crippen molar-refractivity contribution in [3.05, 3.63) is 70.9 Å². The van der Waals surface area contributed by atoms with E-state index in [1.165, 1.54) is 0 Å². The van der Waals surface area contributed by atoms with Gasteiger partial charge in [-0.25, -0.2) is 4.98 Å². The first-order valence-electron chi connectivity index (χ1n) is 12.4. The lowest BCUT2D eigenvalue weighted by Crippen LogP contribution is -2.25. The Labute approximate surface area is 213 Å². The average Bonchev–Trinajstić information content (AvgIpc) is 3.34. The zero-order chi connectivity index (χ0) is 26.3. The molecule has 0 spiro atoms. The van der Waals surface area contributed by atoms with Crippen molar-refractivity contribution in [2.24, 2.45) is 5.16 Å². The van der Waals surface area contributed by atoms with E-state index in [0.717, 1.165) is 34.0 Å². The molecule has 3 aromatic rings. The van der Waals surface area contributed by atoms with Crippen molar-refractivity contribution >= 4 is 22.5 Å². The number of furan rings is 1. The molecule has 0 unspecified atom stereocenters. The fourth-order valence-corrected chi connectivity index (χ4v) is 3.51. The summed E-state index contributed by atoms with van der Waals surface area (Å²) in [5.74, 6) is 1.84. The van der Waals surface area contributed by atoms with Crippen molar-refractivity contribution in [2.45, 2.75) is 79.9 Å². The van der Waals surface area contributed by atoms with E-state index in [-0.39, 0.29) is 12.3 Å². The van der Waals surface area contributed by atoms with Crippen LogP contribution in [0.4, 0.5) is 0 Å². The molecule has 0 saturated heterocycles. The molecule has 0 bridgehead atoms. The number of oxime groups is 1. The van der Waals surface area contributed by atoms with E-state index in [2.05, 4.69) is 23.5 Å². The van der Waals surface area contributed by atoms with E-state index in [1.807, 2.05) is 65.8 Å². The summed E-state index contributed by atoms with van der Waals surface area (Å²) in [6, 6.07) is 11.8. The summed E-state index contributed by atoms with van der Waals surface area (Å²) in [5, 5.41) is 8.30. The van der Waals surface area contributed by atoms with E-state index in [9.17, 15) is 4.79 Å². The molecule has 0 fully saturated rings. The fraction of sp³-hybridized carbons (Fsp3) is 0.414. The molecular weight excluding hydrogens is 454 g/mol. The second-order valence-electron chi connectivity index (χ2n) is 9.93. The summed E-state index contributed by atoms with van der Waals surface area (Å²) in [7, 11) is 0. The molecular formula is C29H37N3O4. The SMILES string of the molecule is CC/C(C)=C(/CCC(=O)NCc1ccco1)O/N=C(\C)c1cc2ccc(C)cc2nc1OC(C)(C)C. The monoisotopic (exact) mass is 491 g/mol. The molecule has 7 nitrogen and oxygen atoms in total. The average molecular weight is 492 g/mol. The molecule has 0 aliphatic rings. The van der Waals surface area contributed by atoms with Crippen LogP contribution in [0.3, 0.4) is 0 Å². The predicted molar refractivity (Wildman–Crippen MR) is 143 cm³/mol. The number of benzene rings is 1. The molecule has 0 aliphatic heterocycles. The minimum atomic E-state index is -0.423. The number of carbonyl (C=O) groups excluding carboxylic acids is 1. The normalized spacial score (nSPS) is 12.9.